The van der Waals surface area contributed by atoms with Crippen molar-refractivity contribution in [1.29, 1.82) is 0 Å². The number of hydrogen-bond acceptors (Lipinski definition) is 4. The van der Waals surface area contributed by atoms with Crippen molar-refractivity contribution in [3.8, 4) is 11.8 Å². The summed E-state index contributed by atoms with van der Waals surface area (Å²) in [6, 6.07) is 5.42. The molecule has 0 aliphatic carbocycles. The molecule has 1 aliphatic heterocycles. The van der Waals surface area contributed by atoms with E-state index in [0.29, 0.717) is 29.5 Å². The molecule has 1 aliphatic rings. The van der Waals surface area contributed by atoms with Crippen molar-refractivity contribution in [2.75, 3.05) is 7.05 Å². The van der Waals surface area contributed by atoms with Gasteiger partial charge in [-0.3, -0.25) is 14.4 Å². The van der Waals surface area contributed by atoms with Crippen LogP contribution in [0.3, 0.4) is 0 Å². The van der Waals surface area contributed by atoms with Crippen LogP contribution in [0.25, 0.3) is 10.9 Å². The first kappa shape index (κ1) is 18.1. The van der Waals surface area contributed by atoms with Crippen molar-refractivity contribution in [3.63, 3.8) is 0 Å². The fourth-order valence-electron chi connectivity index (χ4n) is 3.04. The highest BCUT2D eigenvalue weighted by molar-refractivity contribution is 6.09. The summed E-state index contributed by atoms with van der Waals surface area (Å²) in [4.78, 5) is 21.5. The standard InChI is InChI=1S/C21H23N3O2/c1-4-5-6-16(22-3)9-7-15-8-10-17-18(13-15)23-19-11-12-21(2,26)14-24(19)20(17)25/h5-6,8,10,13,26H,4,11-12,14H2,1-3H3/b6-5-,22-16?. The molecule has 1 aromatic carbocycles. The van der Waals surface area contributed by atoms with Gasteiger partial charge in [0.1, 0.15) is 11.5 Å². The number of aliphatic imine (C=N–C) groups is 1. The number of allylic oxidation sites excluding steroid dienone is 2. The Morgan fingerprint density at radius 2 is 2.31 bits per heavy atom. The molecule has 0 saturated heterocycles. The average molecular weight is 349 g/mol. The van der Waals surface area contributed by atoms with E-state index < -0.39 is 5.60 Å². The smallest absolute Gasteiger partial charge is 0.261 e. The van der Waals surface area contributed by atoms with Gasteiger partial charge in [0.15, 0.2) is 0 Å². The van der Waals surface area contributed by atoms with Crippen LogP contribution in [-0.2, 0) is 13.0 Å². The lowest BCUT2D eigenvalue weighted by Crippen LogP contribution is -2.42. The van der Waals surface area contributed by atoms with Crippen LogP contribution in [0.1, 0.15) is 38.1 Å². The molecule has 1 atom stereocenters. The summed E-state index contributed by atoms with van der Waals surface area (Å²) in [5.41, 5.74) is 1.19. The Hall–Kier alpha value is -2.71. The molecule has 0 fully saturated rings. The van der Waals surface area contributed by atoms with Gasteiger partial charge in [0.2, 0.25) is 0 Å². The molecule has 1 aromatic heterocycles. The summed E-state index contributed by atoms with van der Waals surface area (Å²) < 4.78 is 1.59. The van der Waals surface area contributed by atoms with E-state index in [1.807, 2.05) is 24.3 Å². The molecule has 1 unspecified atom stereocenters. The van der Waals surface area contributed by atoms with Crippen molar-refractivity contribution in [1.82, 2.24) is 9.55 Å². The highest BCUT2D eigenvalue weighted by Crippen LogP contribution is 2.22. The van der Waals surface area contributed by atoms with Crippen molar-refractivity contribution < 1.29 is 5.11 Å². The third-order valence-electron chi connectivity index (χ3n) is 4.51. The molecular formula is C21H23N3O2. The van der Waals surface area contributed by atoms with Crippen LogP contribution in [0.15, 0.2) is 40.1 Å². The van der Waals surface area contributed by atoms with E-state index in [1.54, 1.807) is 24.6 Å². The Kier molecular flexibility index (Phi) is 5.06. The van der Waals surface area contributed by atoms with Gasteiger partial charge < -0.3 is 5.11 Å². The second-order valence-electron chi connectivity index (χ2n) is 6.82. The lowest BCUT2D eigenvalue weighted by atomic mass is 9.96. The molecule has 0 amide bonds. The number of fused-ring (bicyclic) bond motifs is 2. The highest BCUT2D eigenvalue weighted by atomic mass is 16.3. The summed E-state index contributed by atoms with van der Waals surface area (Å²) in [6.45, 7) is 4.10. The van der Waals surface area contributed by atoms with Crippen LogP contribution in [0.2, 0.25) is 0 Å². The van der Waals surface area contributed by atoms with Crippen LogP contribution < -0.4 is 5.56 Å². The summed E-state index contributed by atoms with van der Waals surface area (Å²) in [5, 5.41) is 10.8. The monoisotopic (exact) mass is 349 g/mol. The fraction of sp³-hybridized carbons (Fsp3) is 0.381. The van der Waals surface area contributed by atoms with E-state index in [1.165, 1.54) is 0 Å². The molecule has 5 heteroatoms. The number of hydrogen-bond donors (Lipinski definition) is 1. The van der Waals surface area contributed by atoms with Crippen LogP contribution >= 0.6 is 0 Å². The first-order valence-electron chi connectivity index (χ1n) is 8.85. The van der Waals surface area contributed by atoms with Gasteiger partial charge in [0.25, 0.3) is 5.56 Å². The summed E-state index contributed by atoms with van der Waals surface area (Å²) in [6.07, 6.45) is 6.04. The average Bonchev–Trinajstić information content (AvgIpc) is 2.62. The van der Waals surface area contributed by atoms with E-state index in [-0.39, 0.29) is 12.1 Å². The molecule has 0 saturated carbocycles. The van der Waals surface area contributed by atoms with Crippen molar-refractivity contribution in [2.45, 2.75) is 45.3 Å². The van der Waals surface area contributed by atoms with Crippen molar-refractivity contribution >= 4 is 16.6 Å². The third-order valence-corrected chi connectivity index (χ3v) is 4.51. The number of benzene rings is 1. The lowest BCUT2D eigenvalue weighted by Gasteiger charge is -2.30. The highest BCUT2D eigenvalue weighted by Gasteiger charge is 2.29. The Bertz CT molecular complexity index is 1020. The van der Waals surface area contributed by atoms with Gasteiger partial charge in [0.05, 0.1) is 23.0 Å². The quantitative estimate of drug-likeness (QED) is 0.669. The van der Waals surface area contributed by atoms with E-state index in [2.05, 4.69) is 28.7 Å². The molecule has 2 aromatic rings. The third kappa shape index (κ3) is 3.76. The second kappa shape index (κ2) is 7.27. The molecule has 134 valence electrons. The Balaban J connectivity index is 2.01. The minimum absolute atomic E-state index is 0.105. The molecule has 0 radical (unpaired) electrons. The van der Waals surface area contributed by atoms with Crippen LogP contribution in [0.5, 0.6) is 0 Å². The van der Waals surface area contributed by atoms with Gasteiger partial charge in [-0.15, -0.1) is 0 Å². The zero-order valence-electron chi connectivity index (χ0n) is 15.4. The van der Waals surface area contributed by atoms with E-state index >= 15 is 0 Å². The van der Waals surface area contributed by atoms with Crippen molar-refractivity contribution in [2.24, 2.45) is 4.99 Å². The van der Waals surface area contributed by atoms with Crippen LogP contribution in [0.4, 0.5) is 0 Å². The van der Waals surface area contributed by atoms with Gasteiger partial charge in [-0.2, -0.15) is 0 Å². The SMILES string of the molecule is CC/C=C\C(C#Cc1ccc2c(=O)n3c(nc2c1)CCC(C)(O)C3)=NC. The lowest BCUT2D eigenvalue weighted by molar-refractivity contribution is 0.0199. The fourth-order valence-corrected chi connectivity index (χ4v) is 3.04. The van der Waals surface area contributed by atoms with Gasteiger partial charge in [-0.25, -0.2) is 4.98 Å². The van der Waals surface area contributed by atoms with Gasteiger partial charge in [0, 0.05) is 19.0 Å². The summed E-state index contributed by atoms with van der Waals surface area (Å²) >= 11 is 0. The number of nitrogens with zero attached hydrogens (tertiary/aromatic N) is 3. The molecule has 0 bridgehead atoms. The van der Waals surface area contributed by atoms with E-state index in [9.17, 15) is 9.90 Å². The summed E-state index contributed by atoms with van der Waals surface area (Å²) in [7, 11) is 1.72. The number of aryl methyl sites for hydroxylation is 1. The maximum Gasteiger partial charge on any atom is 0.261 e. The molecular weight excluding hydrogens is 326 g/mol. The zero-order valence-corrected chi connectivity index (χ0v) is 15.4. The van der Waals surface area contributed by atoms with Gasteiger partial charge in [-0.05, 0) is 50.0 Å². The van der Waals surface area contributed by atoms with Crippen molar-refractivity contribution in [3.05, 3.63) is 52.1 Å². The summed E-state index contributed by atoms with van der Waals surface area (Å²) in [5.74, 6) is 6.85. The maximum absolute atomic E-state index is 12.8. The minimum Gasteiger partial charge on any atom is -0.388 e. The number of aromatic nitrogens is 2. The Morgan fingerprint density at radius 3 is 3.04 bits per heavy atom. The predicted octanol–water partition coefficient (Wildman–Crippen LogP) is 2.48. The van der Waals surface area contributed by atoms with Gasteiger partial charge in [-0.1, -0.05) is 18.9 Å². The normalized spacial score (nSPS) is 20.1. The van der Waals surface area contributed by atoms with Crippen LogP contribution in [0, 0.1) is 11.8 Å². The first-order valence-corrected chi connectivity index (χ1v) is 8.85. The van der Waals surface area contributed by atoms with E-state index in [4.69, 9.17) is 0 Å². The molecule has 1 N–H and O–H groups in total. The molecule has 3 rings (SSSR count). The number of aliphatic hydroxyl groups is 1. The molecule has 2 heterocycles. The Morgan fingerprint density at radius 1 is 1.50 bits per heavy atom. The minimum atomic E-state index is -0.862. The molecule has 26 heavy (non-hydrogen) atoms. The largest absolute Gasteiger partial charge is 0.388 e. The van der Waals surface area contributed by atoms with Crippen LogP contribution in [-0.4, -0.2) is 33.0 Å². The van der Waals surface area contributed by atoms with Gasteiger partial charge >= 0.3 is 0 Å². The molecule has 0 spiro atoms. The zero-order chi connectivity index (χ0) is 18.7. The maximum atomic E-state index is 12.8. The topological polar surface area (TPSA) is 67.5 Å². The van der Waals surface area contributed by atoms with E-state index in [0.717, 1.165) is 17.8 Å². The molecule has 5 nitrogen and oxygen atoms in total. The Labute approximate surface area is 153 Å². The predicted molar refractivity (Wildman–Crippen MR) is 105 cm³/mol. The first-order chi connectivity index (χ1) is 12.4. The number of rotatable bonds is 2. The second-order valence-corrected chi connectivity index (χ2v) is 6.82.